The first-order valence-corrected chi connectivity index (χ1v) is 7.40. The largest absolute Gasteiger partial charge is 0.468 e. The van der Waals surface area contributed by atoms with E-state index in [2.05, 4.69) is 14.7 Å². The third-order valence-corrected chi connectivity index (χ3v) is 3.82. The molecule has 1 N–H and O–H groups in total. The Kier molecular flexibility index (Phi) is 4.74. The number of ether oxygens (including phenoxy) is 1. The van der Waals surface area contributed by atoms with Crippen LogP contribution in [0.4, 0.5) is 0 Å². The third-order valence-electron chi connectivity index (χ3n) is 3.04. The lowest BCUT2D eigenvalue weighted by atomic mass is 10.2. The summed E-state index contributed by atoms with van der Waals surface area (Å²) in [5, 5.41) is 2.92. The second-order valence-electron chi connectivity index (χ2n) is 4.45. The zero-order valence-corrected chi connectivity index (χ0v) is 13.0. The van der Waals surface area contributed by atoms with Crippen molar-refractivity contribution in [2.24, 2.45) is 0 Å². The smallest absolute Gasteiger partial charge is 0.325 e. The summed E-state index contributed by atoms with van der Waals surface area (Å²) in [5.74, 6) is -0.673. The average Bonchev–Trinajstić information content (AvgIpc) is 3.12. The molecule has 0 unspecified atom stereocenters. The van der Waals surface area contributed by atoms with E-state index in [-0.39, 0.29) is 12.5 Å². The molecule has 1 amide bonds. The molecule has 7 heteroatoms. The van der Waals surface area contributed by atoms with Gasteiger partial charge in [-0.2, -0.15) is 0 Å². The van der Waals surface area contributed by atoms with Crippen molar-refractivity contribution in [1.82, 2.24) is 14.9 Å². The zero-order valence-electron chi connectivity index (χ0n) is 12.2. The lowest BCUT2D eigenvalue weighted by Gasteiger charge is -2.18. The highest BCUT2D eigenvalue weighted by Crippen LogP contribution is 2.22. The van der Waals surface area contributed by atoms with Gasteiger partial charge in [0.05, 0.1) is 17.8 Å². The molecular formula is C14H17N3O3S. The molecular weight excluding hydrogens is 290 g/mol. The summed E-state index contributed by atoms with van der Waals surface area (Å²) in [6.07, 6.45) is 1.74. The molecule has 112 valence electrons. The minimum Gasteiger partial charge on any atom is -0.468 e. The highest BCUT2D eigenvalue weighted by atomic mass is 32.1. The molecule has 0 saturated heterocycles. The van der Waals surface area contributed by atoms with Gasteiger partial charge in [0.25, 0.3) is 5.91 Å². The van der Waals surface area contributed by atoms with Crippen molar-refractivity contribution >= 4 is 23.2 Å². The lowest BCUT2D eigenvalue weighted by molar-refractivity contribution is -0.141. The molecule has 0 spiro atoms. The van der Waals surface area contributed by atoms with Gasteiger partial charge in [-0.25, -0.2) is 4.98 Å². The first-order chi connectivity index (χ1) is 10.0. The topological polar surface area (TPSA) is 75.3 Å². The maximum atomic E-state index is 12.3. The van der Waals surface area contributed by atoms with E-state index in [1.807, 2.05) is 19.2 Å². The SMILES string of the molecule is CCN(CC(=O)OC)C(=O)c1cc(-c2csc(C)n2)c[nH]1. The Hall–Kier alpha value is -2.15. The van der Waals surface area contributed by atoms with E-state index in [0.29, 0.717) is 12.2 Å². The normalized spacial score (nSPS) is 10.4. The minimum absolute atomic E-state index is 0.0595. The molecule has 0 aliphatic carbocycles. The van der Waals surface area contributed by atoms with Crippen LogP contribution >= 0.6 is 11.3 Å². The van der Waals surface area contributed by atoms with Gasteiger partial charge in [-0.3, -0.25) is 9.59 Å². The number of aryl methyl sites for hydroxylation is 1. The van der Waals surface area contributed by atoms with E-state index < -0.39 is 5.97 Å². The number of hydrogen-bond donors (Lipinski definition) is 1. The maximum Gasteiger partial charge on any atom is 0.325 e. The molecule has 0 aromatic carbocycles. The van der Waals surface area contributed by atoms with Gasteiger partial charge in [-0.1, -0.05) is 0 Å². The van der Waals surface area contributed by atoms with Gasteiger partial charge in [0.1, 0.15) is 12.2 Å². The number of aromatic nitrogens is 2. The molecule has 2 heterocycles. The van der Waals surface area contributed by atoms with Gasteiger partial charge in [0.15, 0.2) is 0 Å². The number of aromatic amines is 1. The summed E-state index contributed by atoms with van der Waals surface area (Å²) in [7, 11) is 1.30. The van der Waals surface area contributed by atoms with Crippen LogP contribution in [-0.4, -0.2) is 46.9 Å². The first-order valence-electron chi connectivity index (χ1n) is 6.52. The Bertz CT molecular complexity index is 647. The van der Waals surface area contributed by atoms with Crippen molar-refractivity contribution in [3.8, 4) is 11.3 Å². The summed E-state index contributed by atoms with van der Waals surface area (Å²) in [4.78, 5) is 32.4. The molecule has 0 bridgehead atoms. The highest BCUT2D eigenvalue weighted by molar-refractivity contribution is 7.09. The standard InChI is InChI=1S/C14H17N3O3S/c1-4-17(7-13(18)20-3)14(19)11-5-10(6-15-11)12-8-21-9(2)16-12/h5-6,8,15H,4,7H2,1-3H3. The molecule has 2 aromatic heterocycles. The second-order valence-corrected chi connectivity index (χ2v) is 5.51. The molecule has 2 aromatic rings. The number of esters is 1. The van der Waals surface area contributed by atoms with E-state index in [9.17, 15) is 9.59 Å². The molecule has 0 radical (unpaired) electrons. The Balaban J connectivity index is 2.16. The van der Waals surface area contributed by atoms with Crippen molar-refractivity contribution in [2.45, 2.75) is 13.8 Å². The highest BCUT2D eigenvalue weighted by Gasteiger charge is 2.19. The minimum atomic E-state index is -0.438. The molecule has 2 rings (SSSR count). The van der Waals surface area contributed by atoms with Gasteiger partial charge < -0.3 is 14.6 Å². The molecule has 0 aliphatic heterocycles. The fourth-order valence-electron chi connectivity index (χ4n) is 1.88. The molecule has 0 aliphatic rings. The van der Waals surface area contributed by atoms with Gasteiger partial charge >= 0.3 is 5.97 Å². The van der Waals surface area contributed by atoms with E-state index in [0.717, 1.165) is 16.3 Å². The molecule has 0 atom stereocenters. The number of methoxy groups -OCH3 is 1. The van der Waals surface area contributed by atoms with Crippen molar-refractivity contribution in [1.29, 1.82) is 0 Å². The van der Waals surface area contributed by atoms with E-state index in [1.165, 1.54) is 12.0 Å². The Morgan fingerprint density at radius 1 is 1.48 bits per heavy atom. The van der Waals surface area contributed by atoms with Gasteiger partial charge in [-0.05, 0) is 19.9 Å². The zero-order chi connectivity index (χ0) is 15.4. The van der Waals surface area contributed by atoms with Crippen LogP contribution in [-0.2, 0) is 9.53 Å². The molecule has 6 nitrogen and oxygen atoms in total. The summed E-state index contributed by atoms with van der Waals surface area (Å²) in [6.45, 7) is 4.12. The number of likely N-dealkylation sites (N-methyl/N-ethyl adjacent to an activating group) is 1. The van der Waals surface area contributed by atoms with Crippen LogP contribution < -0.4 is 0 Å². The van der Waals surface area contributed by atoms with Crippen LogP contribution in [0.5, 0.6) is 0 Å². The number of rotatable bonds is 5. The number of nitrogens with zero attached hydrogens (tertiary/aromatic N) is 2. The monoisotopic (exact) mass is 307 g/mol. The number of carbonyl (C=O) groups is 2. The van der Waals surface area contributed by atoms with E-state index >= 15 is 0 Å². The Labute approximate surface area is 126 Å². The van der Waals surface area contributed by atoms with Crippen LogP contribution in [0.1, 0.15) is 22.4 Å². The van der Waals surface area contributed by atoms with Crippen molar-refractivity contribution < 1.29 is 14.3 Å². The predicted molar refractivity (Wildman–Crippen MR) is 80.2 cm³/mol. The van der Waals surface area contributed by atoms with Crippen LogP contribution in [0.3, 0.4) is 0 Å². The van der Waals surface area contributed by atoms with Gasteiger partial charge in [0, 0.05) is 23.7 Å². The average molecular weight is 307 g/mol. The molecule has 21 heavy (non-hydrogen) atoms. The predicted octanol–water partition coefficient (Wildman–Crippen LogP) is 2.08. The van der Waals surface area contributed by atoms with E-state index in [1.54, 1.807) is 23.6 Å². The van der Waals surface area contributed by atoms with Crippen LogP contribution in [0, 0.1) is 6.92 Å². The number of hydrogen-bond acceptors (Lipinski definition) is 5. The number of nitrogens with one attached hydrogen (secondary N) is 1. The number of amides is 1. The lowest BCUT2D eigenvalue weighted by Crippen LogP contribution is -2.36. The Morgan fingerprint density at radius 3 is 2.81 bits per heavy atom. The second kappa shape index (κ2) is 6.53. The summed E-state index contributed by atoms with van der Waals surface area (Å²) < 4.78 is 4.59. The Morgan fingerprint density at radius 2 is 2.24 bits per heavy atom. The third kappa shape index (κ3) is 3.49. The van der Waals surface area contributed by atoms with Crippen LogP contribution in [0.25, 0.3) is 11.3 Å². The van der Waals surface area contributed by atoms with Gasteiger partial charge in [-0.15, -0.1) is 11.3 Å². The van der Waals surface area contributed by atoms with Crippen molar-refractivity contribution in [3.63, 3.8) is 0 Å². The number of thiazole rings is 1. The number of H-pyrrole nitrogens is 1. The molecule has 0 fully saturated rings. The quantitative estimate of drug-likeness (QED) is 0.858. The fraction of sp³-hybridized carbons (Fsp3) is 0.357. The van der Waals surface area contributed by atoms with Crippen LogP contribution in [0.15, 0.2) is 17.6 Å². The fourth-order valence-corrected chi connectivity index (χ4v) is 2.50. The van der Waals surface area contributed by atoms with Gasteiger partial charge in [0.2, 0.25) is 0 Å². The summed E-state index contributed by atoms with van der Waals surface area (Å²) in [6, 6.07) is 1.75. The number of carbonyl (C=O) groups excluding carboxylic acids is 2. The molecule has 0 saturated carbocycles. The van der Waals surface area contributed by atoms with Crippen molar-refractivity contribution in [3.05, 3.63) is 28.3 Å². The first kappa shape index (κ1) is 15.2. The maximum absolute atomic E-state index is 12.3. The summed E-state index contributed by atoms with van der Waals surface area (Å²) in [5.41, 5.74) is 2.13. The van der Waals surface area contributed by atoms with Crippen molar-refractivity contribution in [2.75, 3.05) is 20.2 Å². The summed E-state index contributed by atoms with van der Waals surface area (Å²) >= 11 is 1.56. The van der Waals surface area contributed by atoms with Crippen LogP contribution in [0.2, 0.25) is 0 Å². The van der Waals surface area contributed by atoms with E-state index in [4.69, 9.17) is 0 Å².